The molecular weight excluding hydrogens is 372 g/mol. The highest BCUT2D eigenvalue weighted by atomic mass is 16.1. The van der Waals surface area contributed by atoms with Crippen LogP contribution in [0.25, 0.3) is 11.0 Å². The van der Waals surface area contributed by atoms with Gasteiger partial charge in [0, 0.05) is 11.4 Å². The molecule has 0 spiro atoms. The monoisotopic (exact) mass is 400 g/mol. The van der Waals surface area contributed by atoms with Gasteiger partial charge in [-0.15, -0.1) is 0 Å². The molecule has 30 heavy (non-hydrogen) atoms. The highest BCUT2D eigenvalue weighted by Crippen LogP contribution is 2.18. The zero-order chi connectivity index (χ0) is 21.3. The van der Waals surface area contributed by atoms with Crippen molar-refractivity contribution in [1.82, 2.24) is 9.13 Å². The molecule has 0 aliphatic heterocycles. The fourth-order valence-corrected chi connectivity index (χ4v) is 3.62. The van der Waals surface area contributed by atoms with Crippen LogP contribution in [0.2, 0.25) is 0 Å². The topological polar surface area (TPSA) is 51.0 Å². The van der Waals surface area contributed by atoms with E-state index in [1.54, 1.807) is 9.13 Å². The van der Waals surface area contributed by atoms with Crippen molar-refractivity contribution in [3.8, 4) is 0 Å². The predicted molar refractivity (Wildman–Crippen MR) is 125 cm³/mol. The number of benzene rings is 3. The van der Waals surface area contributed by atoms with E-state index in [0.29, 0.717) is 13.3 Å². The van der Waals surface area contributed by atoms with E-state index in [1.807, 2.05) is 36.4 Å². The zero-order valence-electron chi connectivity index (χ0n) is 18.0. The van der Waals surface area contributed by atoms with Crippen LogP contribution in [-0.2, 0) is 13.3 Å². The Morgan fingerprint density at radius 2 is 1.07 bits per heavy atom. The quantitative estimate of drug-likeness (QED) is 0.469. The summed E-state index contributed by atoms with van der Waals surface area (Å²) in [5.74, 6) is 0. The van der Waals surface area contributed by atoms with Gasteiger partial charge < -0.3 is 10.6 Å². The third-order valence-corrected chi connectivity index (χ3v) is 5.82. The SMILES string of the molecule is Cc1ccc(NCn2c(=O)n(CNc3ccc(C)c(C)c3)c3ccccc32)cc1C. The minimum absolute atomic E-state index is 0.0381. The molecular formula is C25H28N4O. The van der Waals surface area contributed by atoms with Crippen LogP contribution in [0.1, 0.15) is 22.3 Å². The van der Waals surface area contributed by atoms with Crippen LogP contribution in [0, 0.1) is 27.7 Å². The number of imidazole rings is 1. The number of hydrogen-bond donors (Lipinski definition) is 2. The van der Waals surface area contributed by atoms with Crippen molar-refractivity contribution in [2.75, 3.05) is 10.6 Å². The summed E-state index contributed by atoms with van der Waals surface area (Å²) in [5, 5.41) is 6.78. The average Bonchev–Trinajstić information content (AvgIpc) is 3.00. The van der Waals surface area contributed by atoms with Crippen molar-refractivity contribution in [1.29, 1.82) is 0 Å². The van der Waals surface area contributed by atoms with Gasteiger partial charge in [-0.3, -0.25) is 9.13 Å². The molecule has 0 saturated carbocycles. The number of nitrogens with zero attached hydrogens (tertiary/aromatic N) is 2. The van der Waals surface area contributed by atoms with Crippen molar-refractivity contribution >= 4 is 22.4 Å². The van der Waals surface area contributed by atoms with E-state index >= 15 is 0 Å². The Hall–Kier alpha value is -3.47. The highest BCUT2D eigenvalue weighted by Gasteiger charge is 2.12. The molecule has 0 bridgehead atoms. The van der Waals surface area contributed by atoms with Gasteiger partial charge >= 0.3 is 5.69 Å². The summed E-state index contributed by atoms with van der Waals surface area (Å²) in [6, 6.07) is 20.4. The van der Waals surface area contributed by atoms with Gasteiger partial charge in [0.15, 0.2) is 0 Å². The number of anilines is 2. The molecule has 5 heteroatoms. The number of rotatable bonds is 6. The van der Waals surface area contributed by atoms with E-state index in [1.165, 1.54) is 22.3 Å². The van der Waals surface area contributed by atoms with Gasteiger partial charge in [0.2, 0.25) is 0 Å². The fraction of sp³-hybridized carbons (Fsp3) is 0.240. The van der Waals surface area contributed by atoms with Crippen LogP contribution in [-0.4, -0.2) is 9.13 Å². The van der Waals surface area contributed by atoms with E-state index in [-0.39, 0.29) is 5.69 Å². The average molecular weight is 401 g/mol. The lowest BCUT2D eigenvalue weighted by molar-refractivity contribution is 0.682. The smallest absolute Gasteiger partial charge is 0.332 e. The second kappa shape index (κ2) is 8.11. The summed E-state index contributed by atoms with van der Waals surface area (Å²) in [5.41, 5.74) is 8.79. The Labute approximate surface area is 177 Å². The van der Waals surface area contributed by atoms with Gasteiger partial charge in [-0.05, 0) is 86.3 Å². The number of fused-ring (bicyclic) bond motifs is 1. The molecule has 4 aromatic rings. The minimum Gasteiger partial charge on any atom is -0.367 e. The molecule has 0 aliphatic carbocycles. The van der Waals surface area contributed by atoms with Gasteiger partial charge in [-0.25, -0.2) is 4.79 Å². The number of hydrogen-bond acceptors (Lipinski definition) is 3. The summed E-state index contributed by atoms with van der Waals surface area (Å²) >= 11 is 0. The fourth-order valence-electron chi connectivity index (χ4n) is 3.62. The molecule has 4 rings (SSSR count). The molecule has 2 N–H and O–H groups in total. The molecule has 1 aromatic heterocycles. The van der Waals surface area contributed by atoms with Crippen molar-refractivity contribution in [2.45, 2.75) is 41.0 Å². The maximum Gasteiger partial charge on any atom is 0.332 e. The second-order valence-electron chi connectivity index (χ2n) is 7.90. The third kappa shape index (κ3) is 3.83. The Morgan fingerprint density at radius 1 is 0.633 bits per heavy atom. The number of aryl methyl sites for hydroxylation is 4. The summed E-state index contributed by atoms with van der Waals surface area (Å²) < 4.78 is 3.57. The zero-order valence-corrected chi connectivity index (χ0v) is 18.0. The minimum atomic E-state index is -0.0381. The van der Waals surface area contributed by atoms with Crippen molar-refractivity contribution < 1.29 is 0 Å². The summed E-state index contributed by atoms with van der Waals surface area (Å²) in [7, 11) is 0. The Balaban J connectivity index is 1.61. The molecule has 5 nitrogen and oxygen atoms in total. The first kappa shape index (κ1) is 19.8. The molecule has 0 radical (unpaired) electrons. The van der Waals surface area contributed by atoms with E-state index in [9.17, 15) is 4.79 Å². The Bertz CT molecular complexity index is 1170. The van der Waals surface area contributed by atoms with Crippen LogP contribution in [0.5, 0.6) is 0 Å². The Morgan fingerprint density at radius 3 is 1.47 bits per heavy atom. The molecule has 0 saturated heterocycles. The lowest BCUT2D eigenvalue weighted by Crippen LogP contribution is -2.28. The van der Waals surface area contributed by atoms with Crippen LogP contribution in [0.3, 0.4) is 0 Å². The summed E-state index contributed by atoms with van der Waals surface area (Å²) in [6.45, 7) is 9.21. The predicted octanol–water partition coefficient (Wildman–Crippen LogP) is 5.18. The largest absolute Gasteiger partial charge is 0.367 e. The van der Waals surface area contributed by atoms with Crippen LogP contribution in [0.15, 0.2) is 65.5 Å². The van der Waals surface area contributed by atoms with Crippen LogP contribution in [0.4, 0.5) is 11.4 Å². The Kier molecular flexibility index (Phi) is 5.36. The molecule has 0 amide bonds. The molecule has 0 fully saturated rings. The first-order valence-corrected chi connectivity index (χ1v) is 10.2. The lowest BCUT2D eigenvalue weighted by atomic mass is 10.1. The third-order valence-electron chi connectivity index (χ3n) is 5.82. The summed E-state index contributed by atoms with van der Waals surface area (Å²) in [6.07, 6.45) is 0. The highest BCUT2D eigenvalue weighted by molar-refractivity contribution is 5.76. The van der Waals surface area contributed by atoms with E-state index < -0.39 is 0 Å². The number of para-hydroxylation sites is 2. The lowest BCUT2D eigenvalue weighted by Gasteiger charge is -2.10. The molecule has 154 valence electrons. The maximum atomic E-state index is 13.2. The van der Waals surface area contributed by atoms with Gasteiger partial charge in [-0.1, -0.05) is 24.3 Å². The molecule has 0 aliphatic rings. The summed E-state index contributed by atoms with van der Waals surface area (Å²) in [4.78, 5) is 13.2. The van der Waals surface area contributed by atoms with Crippen LogP contribution < -0.4 is 16.3 Å². The number of aromatic nitrogens is 2. The molecule has 1 heterocycles. The van der Waals surface area contributed by atoms with Crippen molar-refractivity contribution in [2.24, 2.45) is 0 Å². The van der Waals surface area contributed by atoms with Gasteiger partial charge in [0.05, 0.1) is 24.4 Å². The molecule has 3 aromatic carbocycles. The maximum absolute atomic E-state index is 13.2. The van der Waals surface area contributed by atoms with Crippen molar-refractivity contribution in [3.05, 3.63) is 93.4 Å². The standard InChI is InChI=1S/C25H28N4O/c1-17-9-11-21(13-19(17)3)26-15-28-23-7-5-6-8-24(23)29(25(28)30)16-27-22-12-10-18(2)20(4)14-22/h5-14,26-27H,15-16H2,1-4H3. The van der Waals surface area contributed by atoms with Crippen molar-refractivity contribution in [3.63, 3.8) is 0 Å². The first-order valence-electron chi connectivity index (χ1n) is 10.2. The second-order valence-corrected chi connectivity index (χ2v) is 7.90. The van der Waals surface area contributed by atoms with E-state index in [0.717, 1.165) is 22.4 Å². The van der Waals surface area contributed by atoms with Crippen LogP contribution >= 0.6 is 0 Å². The number of nitrogens with one attached hydrogen (secondary N) is 2. The molecule has 0 unspecified atom stereocenters. The first-order chi connectivity index (χ1) is 14.4. The molecule has 0 atom stereocenters. The van der Waals surface area contributed by atoms with E-state index in [4.69, 9.17) is 0 Å². The van der Waals surface area contributed by atoms with E-state index in [2.05, 4.69) is 62.6 Å². The van der Waals surface area contributed by atoms with Gasteiger partial charge in [0.25, 0.3) is 0 Å². The van der Waals surface area contributed by atoms with Gasteiger partial charge in [-0.2, -0.15) is 0 Å². The van der Waals surface area contributed by atoms with Gasteiger partial charge in [0.1, 0.15) is 0 Å². The normalized spacial score (nSPS) is 11.1.